The van der Waals surface area contributed by atoms with Crippen molar-refractivity contribution in [2.45, 2.75) is 6.92 Å². The van der Waals surface area contributed by atoms with Gasteiger partial charge in [0.15, 0.2) is 5.13 Å². The van der Waals surface area contributed by atoms with Crippen molar-refractivity contribution in [3.63, 3.8) is 0 Å². The SMILES string of the molecule is Cc1nc(NC(=O)/C=C/c2cccnc2)sc1-c1ccccc1. The van der Waals surface area contributed by atoms with Gasteiger partial charge in [0.1, 0.15) is 0 Å². The maximum atomic E-state index is 12.0. The lowest BCUT2D eigenvalue weighted by atomic mass is 10.2. The van der Waals surface area contributed by atoms with Crippen LogP contribution in [0.1, 0.15) is 11.3 Å². The molecule has 2 heterocycles. The van der Waals surface area contributed by atoms with Crippen molar-refractivity contribution in [1.82, 2.24) is 9.97 Å². The van der Waals surface area contributed by atoms with Gasteiger partial charge in [-0.3, -0.25) is 15.1 Å². The van der Waals surface area contributed by atoms with Gasteiger partial charge in [0.25, 0.3) is 0 Å². The Morgan fingerprint density at radius 3 is 2.74 bits per heavy atom. The maximum absolute atomic E-state index is 12.0. The van der Waals surface area contributed by atoms with Gasteiger partial charge in [-0.1, -0.05) is 47.7 Å². The van der Waals surface area contributed by atoms with Crippen molar-refractivity contribution >= 4 is 28.5 Å². The normalized spacial score (nSPS) is 10.8. The van der Waals surface area contributed by atoms with Crippen LogP contribution in [-0.4, -0.2) is 15.9 Å². The standard InChI is InChI=1S/C18H15N3OS/c1-13-17(15-7-3-2-4-8-15)23-18(20-13)21-16(22)10-9-14-6-5-11-19-12-14/h2-12H,1H3,(H,20,21,22)/b10-9+. The number of carbonyl (C=O) groups excluding carboxylic acids is 1. The molecule has 0 saturated heterocycles. The Bertz CT molecular complexity index is 826. The van der Waals surface area contributed by atoms with Crippen molar-refractivity contribution < 1.29 is 4.79 Å². The molecule has 3 rings (SSSR count). The predicted molar refractivity (Wildman–Crippen MR) is 94.2 cm³/mol. The number of nitrogens with one attached hydrogen (secondary N) is 1. The number of hydrogen-bond donors (Lipinski definition) is 1. The Labute approximate surface area is 138 Å². The molecule has 0 fully saturated rings. The zero-order chi connectivity index (χ0) is 16.1. The number of benzene rings is 1. The lowest BCUT2D eigenvalue weighted by molar-refractivity contribution is -0.111. The minimum atomic E-state index is -0.206. The summed E-state index contributed by atoms with van der Waals surface area (Å²) in [5, 5.41) is 3.40. The van der Waals surface area contributed by atoms with Crippen molar-refractivity contribution in [2.75, 3.05) is 5.32 Å². The molecule has 3 aromatic rings. The van der Waals surface area contributed by atoms with Gasteiger partial charge >= 0.3 is 0 Å². The molecule has 23 heavy (non-hydrogen) atoms. The van der Waals surface area contributed by atoms with Gasteiger partial charge in [-0.25, -0.2) is 4.98 Å². The van der Waals surface area contributed by atoms with E-state index in [-0.39, 0.29) is 5.91 Å². The molecular weight excluding hydrogens is 306 g/mol. The van der Waals surface area contributed by atoms with Crippen molar-refractivity contribution in [3.8, 4) is 10.4 Å². The quantitative estimate of drug-likeness (QED) is 0.734. The van der Waals surface area contributed by atoms with Crippen LogP contribution >= 0.6 is 11.3 Å². The lowest BCUT2D eigenvalue weighted by Gasteiger charge is -1.97. The van der Waals surface area contributed by atoms with Gasteiger partial charge in [0.2, 0.25) is 5.91 Å². The number of amides is 1. The molecule has 0 aliphatic carbocycles. The van der Waals surface area contributed by atoms with Crippen LogP contribution in [0.25, 0.3) is 16.5 Å². The van der Waals surface area contributed by atoms with E-state index in [9.17, 15) is 4.79 Å². The van der Waals surface area contributed by atoms with Crippen LogP contribution in [0.3, 0.4) is 0 Å². The molecule has 0 atom stereocenters. The molecule has 1 amide bonds. The van der Waals surface area contributed by atoms with Crippen LogP contribution in [0.4, 0.5) is 5.13 Å². The summed E-state index contributed by atoms with van der Waals surface area (Å²) in [5.74, 6) is -0.206. The van der Waals surface area contributed by atoms with E-state index >= 15 is 0 Å². The van der Waals surface area contributed by atoms with Crippen molar-refractivity contribution in [2.24, 2.45) is 0 Å². The van der Waals surface area contributed by atoms with E-state index in [2.05, 4.69) is 15.3 Å². The Morgan fingerprint density at radius 1 is 1.17 bits per heavy atom. The molecule has 1 N–H and O–H groups in total. The molecule has 0 spiro atoms. The fourth-order valence-electron chi connectivity index (χ4n) is 2.10. The molecule has 5 heteroatoms. The first-order valence-corrected chi connectivity index (χ1v) is 7.96. The van der Waals surface area contributed by atoms with Gasteiger partial charge in [-0.15, -0.1) is 0 Å². The van der Waals surface area contributed by atoms with Crippen LogP contribution in [0.5, 0.6) is 0 Å². The molecule has 0 unspecified atom stereocenters. The zero-order valence-corrected chi connectivity index (χ0v) is 13.4. The highest BCUT2D eigenvalue weighted by Crippen LogP contribution is 2.32. The summed E-state index contributed by atoms with van der Waals surface area (Å²) in [6, 6.07) is 13.7. The first-order valence-electron chi connectivity index (χ1n) is 7.14. The Balaban J connectivity index is 1.71. The van der Waals surface area contributed by atoms with E-state index < -0.39 is 0 Å². The molecule has 1 aromatic carbocycles. The minimum Gasteiger partial charge on any atom is -0.298 e. The summed E-state index contributed by atoms with van der Waals surface area (Å²) < 4.78 is 0. The number of aromatic nitrogens is 2. The molecule has 114 valence electrons. The fourth-order valence-corrected chi connectivity index (χ4v) is 3.08. The van der Waals surface area contributed by atoms with Gasteiger partial charge in [-0.05, 0) is 30.2 Å². The average molecular weight is 321 g/mol. The number of carbonyl (C=O) groups is 1. The number of rotatable bonds is 4. The van der Waals surface area contributed by atoms with Gasteiger partial charge in [-0.2, -0.15) is 0 Å². The summed E-state index contributed by atoms with van der Waals surface area (Å²) in [6.07, 6.45) is 6.60. The number of anilines is 1. The zero-order valence-electron chi connectivity index (χ0n) is 12.6. The monoisotopic (exact) mass is 321 g/mol. The predicted octanol–water partition coefficient (Wildman–Crippen LogP) is 4.17. The van der Waals surface area contributed by atoms with Crippen LogP contribution in [0.15, 0.2) is 60.9 Å². The Hall–Kier alpha value is -2.79. The van der Waals surface area contributed by atoms with E-state index in [1.165, 1.54) is 17.4 Å². The number of nitrogens with zero attached hydrogens (tertiary/aromatic N) is 2. The molecule has 4 nitrogen and oxygen atoms in total. The number of pyridine rings is 1. The summed E-state index contributed by atoms with van der Waals surface area (Å²) in [4.78, 5) is 21.5. The van der Waals surface area contributed by atoms with E-state index in [1.807, 2.05) is 49.4 Å². The van der Waals surface area contributed by atoms with E-state index in [0.717, 1.165) is 21.7 Å². The largest absolute Gasteiger partial charge is 0.298 e. The Kier molecular flexibility index (Phi) is 4.59. The summed E-state index contributed by atoms with van der Waals surface area (Å²) >= 11 is 1.47. The third kappa shape index (κ3) is 3.90. The second kappa shape index (κ2) is 6.98. The Morgan fingerprint density at radius 2 is 2.00 bits per heavy atom. The molecule has 2 aromatic heterocycles. The van der Waals surface area contributed by atoms with E-state index in [0.29, 0.717) is 5.13 Å². The second-order valence-corrected chi connectivity index (χ2v) is 5.91. The van der Waals surface area contributed by atoms with Crippen LogP contribution in [0.2, 0.25) is 0 Å². The number of thiazole rings is 1. The number of hydrogen-bond acceptors (Lipinski definition) is 4. The van der Waals surface area contributed by atoms with Crippen molar-refractivity contribution in [3.05, 3.63) is 72.2 Å². The summed E-state index contributed by atoms with van der Waals surface area (Å²) in [6.45, 7) is 1.94. The van der Waals surface area contributed by atoms with Gasteiger partial charge in [0, 0.05) is 18.5 Å². The number of aryl methyl sites for hydroxylation is 1. The van der Waals surface area contributed by atoms with Crippen molar-refractivity contribution in [1.29, 1.82) is 0 Å². The minimum absolute atomic E-state index is 0.206. The van der Waals surface area contributed by atoms with Gasteiger partial charge in [0.05, 0.1) is 10.6 Å². The first kappa shape index (κ1) is 15.1. The molecule has 0 saturated carbocycles. The first-order chi connectivity index (χ1) is 11.2. The summed E-state index contributed by atoms with van der Waals surface area (Å²) in [7, 11) is 0. The third-order valence-electron chi connectivity index (χ3n) is 3.17. The fraction of sp³-hybridized carbons (Fsp3) is 0.0556. The highest BCUT2D eigenvalue weighted by molar-refractivity contribution is 7.19. The maximum Gasteiger partial charge on any atom is 0.250 e. The highest BCUT2D eigenvalue weighted by Gasteiger charge is 2.10. The highest BCUT2D eigenvalue weighted by atomic mass is 32.1. The molecular formula is C18H15N3OS. The van der Waals surface area contributed by atoms with E-state index in [4.69, 9.17) is 0 Å². The summed E-state index contributed by atoms with van der Waals surface area (Å²) in [5.41, 5.74) is 2.89. The van der Waals surface area contributed by atoms with Gasteiger partial charge < -0.3 is 0 Å². The van der Waals surface area contributed by atoms with E-state index in [1.54, 1.807) is 18.5 Å². The molecule has 0 aliphatic rings. The van der Waals surface area contributed by atoms with Crippen LogP contribution in [0, 0.1) is 6.92 Å². The molecule has 0 aliphatic heterocycles. The van der Waals surface area contributed by atoms with Crippen LogP contribution in [-0.2, 0) is 4.79 Å². The molecule has 0 bridgehead atoms. The lowest BCUT2D eigenvalue weighted by Crippen LogP contribution is -2.07. The second-order valence-electron chi connectivity index (χ2n) is 4.91. The molecule has 0 radical (unpaired) electrons. The smallest absolute Gasteiger partial charge is 0.250 e. The van der Waals surface area contributed by atoms with Crippen LogP contribution < -0.4 is 5.32 Å². The topological polar surface area (TPSA) is 54.9 Å². The average Bonchev–Trinajstić information content (AvgIpc) is 2.95. The third-order valence-corrected chi connectivity index (χ3v) is 4.30.